The normalized spacial score (nSPS) is 26.2. The van der Waals surface area contributed by atoms with Crippen molar-refractivity contribution in [3.05, 3.63) is 41.3 Å². The van der Waals surface area contributed by atoms with Gasteiger partial charge in [-0.3, -0.25) is 4.79 Å². The predicted molar refractivity (Wildman–Crippen MR) is 91.8 cm³/mol. The highest BCUT2D eigenvalue weighted by Gasteiger charge is 2.33. The summed E-state index contributed by atoms with van der Waals surface area (Å²) in [5, 5.41) is 12.6. The molecule has 2 aliphatic heterocycles. The van der Waals surface area contributed by atoms with Crippen LogP contribution in [0.4, 0.5) is 0 Å². The number of nitrogens with zero attached hydrogens (tertiary/aromatic N) is 1. The maximum atomic E-state index is 12.5. The van der Waals surface area contributed by atoms with E-state index in [0.29, 0.717) is 0 Å². The van der Waals surface area contributed by atoms with E-state index < -0.39 is 0 Å². The first-order valence-electron chi connectivity index (χ1n) is 8.10. The molecule has 2 aromatic rings. The minimum Gasteiger partial charge on any atom is -0.508 e. The number of phenols is 1. The summed E-state index contributed by atoms with van der Waals surface area (Å²) in [4.78, 5) is 16.7. The van der Waals surface area contributed by atoms with Crippen LogP contribution in [0.5, 0.6) is 5.75 Å². The number of hydrogen-bond donors (Lipinski definition) is 2. The number of phenolic OH excluding ortho intramolecular Hbond substituents is 1. The van der Waals surface area contributed by atoms with Crippen LogP contribution in [0.1, 0.15) is 22.5 Å². The molecule has 1 aromatic heterocycles. The molecule has 1 aromatic carbocycles. The van der Waals surface area contributed by atoms with Gasteiger partial charge in [-0.15, -0.1) is 11.3 Å². The highest BCUT2D eigenvalue weighted by Crippen LogP contribution is 2.30. The second kappa shape index (κ2) is 5.98. The fourth-order valence-electron chi connectivity index (χ4n) is 3.66. The molecule has 4 nitrogen and oxygen atoms in total. The molecule has 4 rings (SSSR count). The summed E-state index contributed by atoms with van der Waals surface area (Å²) in [6.45, 7) is 3.37. The highest BCUT2D eigenvalue weighted by atomic mass is 32.1. The van der Waals surface area contributed by atoms with Crippen molar-refractivity contribution in [2.24, 2.45) is 5.92 Å². The first kappa shape index (κ1) is 14.7. The largest absolute Gasteiger partial charge is 0.508 e. The molecule has 1 unspecified atom stereocenters. The number of fused-ring (bicyclic) bond motifs is 2. The minimum atomic E-state index is 0.0347. The molecule has 2 saturated heterocycles. The average Bonchev–Trinajstić information content (AvgIpc) is 3.15. The highest BCUT2D eigenvalue weighted by molar-refractivity contribution is 7.17. The molecule has 3 atom stereocenters. The summed E-state index contributed by atoms with van der Waals surface area (Å²) in [6.07, 6.45) is 2.38. The monoisotopic (exact) mass is 328 g/mol. The quantitative estimate of drug-likeness (QED) is 0.911. The van der Waals surface area contributed by atoms with E-state index in [0.717, 1.165) is 34.2 Å². The second-order valence-electron chi connectivity index (χ2n) is 6.53. The van der Waals surface area contributed by atoms with Crippen LogP contribution in [-0.2, 0) is 0 Å². The zero-order valence-corrected chi connectivity index (χ0v) is 13.7. The molecular formula is C18H20N2O2S. The second-order valence-corrected chi connectivity index (χ2v) is 7.61. The third-order valence-electron chi connectivity index (χ3n) is 4.78. The molecule has 2 N–H and O–H groups in total. The van der Waals surface area contributed by atoms with Gasteiger partial charge >= 0.3 is 0 Å². The Kier molecular flexibility index (Phi) is 3.83. The van der Waals surface area contributed by atoms with E-state index in [2.05, 4.69) is 10.2 Å². The molecule has 2 bridgehead atoms. The lowest BCUT2D eigenvalue weighted by molar-refractivity contribution is 0.0913. The van der Waals surface area contributed by atoms with Gasteiger partial charge in [-0.25, -0.2) is 0 Å². The number of thiophene rings is 1. The summed E-state index contributed by atoms with van der Waals surface area (Å²) in [6, 6.07) is 11.2. The van der Waals surface area contributed by atoms with E-state index in [1.165, 1.54) is 30.8 Å². The van der Waals surface area contributed by atoms with Gasteiger partial charge in [0, 0.05) is 24.0 Å². The van der Waals surface area contributed by atoms with Crippen molar-refractivity contribution >= 4 is 17.2 Å². The number of rotatable bonds is 3. The van der Waals surface area contributed by atoms with Crippen molar-refractivity contribution in [3.8, 4) is 16.2 Å². The fraction of sp³-hybridized carbons (Fsp3) is 0.389. The molecule has 23 heavy (non-hydrogen) atoms. The summed E-state index contributed by atoms with van der Waals surface area (Å²) >= 11 is 1.50. The van der Waals surface area contributed by atoms with Crippen LogP contribution < -0.4 is 5.32 Å². The Morgan fingerprint density at radius 3 is 2.78 bits per heavy atom. The number of amides is 1. The lowest BCUT2D eigenvalue weighted by Gasteiger charge is -2.30. The molecule has 120 valence electrons. The first-order valence-corrected chi connectivity index (χ1v) is 8.91. The van der Waals surface area contributed by atoms with E-state index in [9.17, 15) is 9.90 Å². The average molecular weight is 328 g/mol. The SMILES string of the molecule is O=C(N[C@@H]1C[C@@H]2CCN(C2)C1)c1ccc(-c2ccc(O)cc2)s1. The van der Waals surface area contributed by atoms with Gasteiger partial charge in [-0.2, -0.15) is 0 Å². The van der Waals surface area contributed by atoms with E-state index in [1.807, 2.05) is 24.3 Å². The summed E-state index contributed by atoms with van der Waals surface area (Å²) in [5.41, 5.74) is 1.02. The summed E-state index contributed by atoms with van der Waals surface area (Å²) in [5.74, 6) is 1.04. The molecule has 2 aliphatic rings. The Morgan fingerprint density at radius 2 is 2.00 bits per heavy atom. The van der Waals surface area contributed by atoms with Crippen LogP contribution in [0, 0.1) is 5.92 Å². The number of nitrogens with one attached hydrogen (secondary N) is 1. The lowest BCUT2D eigenvalue weighted by Crippen LogP contribution is -2.46. The minimum absolute atomic E-state index is 0.0347. The number of aromatic hydroxyl groups is 1. The maximum Gasteiger partial charge on any atom is 0.261 e. The molecular weight excluding hydrogens is 308 g/mol. The molecule has 0 radical (unpaired) electrons. The zero-order valence-electron chi connectivity index (χ0n) is 12.9. The van der Waals surface area contributed by atoms with Crippen molar-refractivity contribution in [1.82, 2.24) is 10.2 Å². The van der Waals surface area contributed by atoms with Gasteiger partial charge in [0.25, 0.3) is 5.91 Å². The van der Waals surface area contributed by atoms with Gasteiger partial charge < -0.3 is 15.3 Å². The van der Waals surface area contributed by atoms with Gasteiger partial charge in [0.05, 0.1) is 4.88 Å². The Hall–Kier alpha value is -1.85. The van der Waals surface area contributed by atoms with Crippen molar-refractivity contribution in [3.63, 3.8) is 0 Å². The van der Waals surface area contributed by atoms with Crippen LogP contribution in [-0.4, -0.2) is 41.6 Å². The molecule has 0 aliphatic carbocycles. The first-order chi connectivity index (χ1) is 11.2. The van der Waals surface area contributed by atoms with E-state index in [1.54, 1.807) is 12.1 Å². The predicted octanol–water partition coefficient (Wildman–Crippen LogP) is 2.94. The Balaban J connectivity index is 1.44. The molecule has 0 spiro atoms. The van der Waals surface area contributed by atoms with Gasteiger partial charge in [0.1, 0.15) is 5.75 Å². The van der Waals surface area contributed by atoms with Gasteiger partial charge in [0.2, 0.25) is 0 Å². The van der Waals surface area contributed by atoms with Crippen LogP contribution in [0.15, 0.2) is 36.4 Å². The molecule has 5 heteroatoms. The topological polar surface area (TPSA) is 52.6 Å². The van der Waals surface area contributed by atoms with Crippen molar-refractivity contribution < 1.29 is 9.90 Å². The summed E-state index contributed by atoms with van der Waals surface area (Å²) < 4.78 is 0. The Labute approximate surface area is 139 Å². The smallest absolute Gasteiger partial charge is 0.261 e. The lowest BCUT2D eigenvalue weighted by atomic mass is 9.97. The van der Waals surface area contributed by atoms with Gasteiger partial charge in [-0.1, -0.05) is 0 Å². The van der Waals surface area contributed by atoms with Crippen LogP contribution in [0.3, 0.4) is 0 Å². The van der Waals surface area contributed by atoms with E-state index in [4.69, 9.17) is 0 Å². The maximum absolute atomic E-state index is 12.5. The molecule has 1 amide bonds. The van der Waals surface area contributed by atoms with Crippen LogP contribution >= 0.6 is 11.3 Å². The standard InChI is InChI=1S/C18H20N2O2S/c21-15-3-1-13(2-4-15)16-5-6-17(23-16)18(22)19-14-9-12-7-8-20(10-12)11-14/h1-6,12,14,21H,7-11H2,(H,19,22)/t12-,14+/m0/s1. The molecule has 2 fully saturated rings. The van der Waals surface area contributed by atoms with E-state index >= 15 is 0 Å². The fourth-order valence-corrected chi connectivity index (χ4v) is 4.58. The van der Waals surface area contributed by atoms with Crippen molar-refractivity contribution in [2.75, 3.05) is 19.6 Å². The van der Waals surface area contributed by atoms with E-state index in [-0.39, 0.29) is 17.7 Å². The summed E-state index contributed by atoms with van der Waals surface area (Å²) in [7, 11) is 0. The number of hydrogen-bond acceptors (Lipinski definition) is 4. The number of carbonyl (C=O) groups is 1. The third-order valence-corrected chi connectivity index (χ3v) is 5.92. The Bertz CT molecular complexity index is 698. The van der Waals surface area contributed by atoms with Gasteiger partial charge in [-0.05, 0) is 67.3 Å². The zero-order chi connectivity index (χ0) is 15.8. The van der Waals surface area contributed by atoms with Crippen molar-refractivity contribution in [1.29, 1.82) is 0 Å². The number of carbonyl (C=O) groups excluding carboxylic acids is 1. The van der Waals surface area contributed by atoms with Crippen LogP contribution in [0.2, 0.25) is 0 Å². The number of piperidine rings is 1. The number of benzene rings is 1. The van der Waals surface area contributed by atoms with Crippen molar-refractivity contribution in [2.45, 2.75) is 18.9 Å². The van der Waals surface area contributed by atoms with Crippen LogP contribution in [0.25, 0.3) is 10.4 Å². The third kappa shape index (κ3) is 3.12. The Morgan fingerprint density at radius 1 is 1.17 bits per heavy atom. The molecule has 0 saturated carbocycles. The molecule has 3 heterocycles. The van der Waals surface area contributed by atoms with Gasteiger partial charge in [0.15, 0.2) is 0 Å².